The molecule has 2 rings (SSSR count). The molecule has 2 nitrogen and oxygen atoms in total. The van der Waals surface area contributed by atoms with E-state index in [4.69, 9.17) is 58.0 Å². The number of carbonyl (C=O) groups excluding carboxylic acids is 1. The predicted octanol–water partition coefficient (Wildman–Crippen LogP) is 5.83. The Morgan fingerprint density at radius 3 is 2.16 bits per heavy atom. The molecule has 0 spiro atoms. The second kappa shape index (κ2) is 5.86. The van der Waals surface area contributed by atoms with Gasteiger partial charge in [-0.2, -0.15) is 0 Å². The van der Waals surface area contributed by atoms with Crippen LogP contribution in [0.15, 0.2) is 18.3 Å². The lowest BCUT2D eigenvalue weighted by atomic mass is 10.1. The summed E-state index contributed by atoms with van der Waals surface area (Å²) < 4.78 is 0. The Morgan fingerprint density at radius 2 is 1.53 bits per heavy atom. The van der Waals surface area contributed by atoms with Crippen LogP contribution in [0.3, 0.4) is 0 Å². The molecule has 0 unspecified atom stereocenters. The van der Waals surface area contributed by atoms with Crippen LogP contribution in [0, 0.1) is 0 Å². The number of hydrogen-bond donors (Lipinski definition) is 0. The van der Waals surface area contributed by atoms with E-state index in [1.807, 2.05) is 0 Å². The minimum absolute atomic E-state index is 0.0774. The van der Waals surface area contributed by atoms with Crippen molar-refractivity contribution in [1.29, 1.82) is 0 Å². The monoisotopic (exact) mass is 353 g/mol. The van der Waals surface area contributed by atoms with Gasteiger partial charge in [-0.3, -0.25) is 9.78 Å². The van der Waals surface area contributed by atoms with Crippen molar-refractivity contribution in [2.24, 2.45) is 0 Å². The Balaban J connectivity index is 2.80. The van der Waals surface area contributed by atoms with Gasteiger partial charge in [0.1, 0.15) is 0 Å². The molecule has 19 heavy (non-hydrogen) atoms. The lowest BCUT2D eigenvalue weighted by Gasteiger charge is -2.11. The SMILES string of the molecule is O=Cc1c(Cl)cnc(-c2c(Cl)ccc(Cl)c2Cl)c1Cl. The quantitative estimate of drug-likeness (QED) is 0.501. The van der Waals surface area contributed by atoms with Crippen molar-refractivity contribution in [3.05, 3.63) is 49.0 Å². The standard InChI is InChI=1S/C12H4Cl5NO/c13-6-1-2-7(14)11(17)9(6)12-10(16)5(4-19)8(15)3-18-12/h1-4H. The van der Waals surface area contributed by atoms with E-state index in [-0.39, 0.29) is 26.3 Å². The summed E-state index contributed by atoms with van der Waals surface area (Å²) in [6.07, 6.45) is 1.85. The normalized spacial score (nSPS) is 10.6. The van der Waals surface area contributed by atoms with Gasteiger partial charge in [0.2, 0.25) is 0 Å². The number of nitrogens with zero attached hydrogens (tertiary/aromatic N) is 1. The average molecular weight is 355 g/mol. The molecule has 1 heterocycles. The molecule has 2 aromatic rings. The van der Waals surface area contributed by atoms with Crippen LogP contribution in [0.5, 0.6) is 0 Å². The highest BCUT2D eigenvalue weighted by Crippen LogP contribution is 2.42. The van der Waals surface area contributed by atoms with Crippen molar-refractivity contribution in [2.45, 2.75) is 0 Å². The lowest BCUT2D eigenvalue weighted by molar-refractivity contribution is 0.112. The molecule has 0 aliphatic carbocycles. The number of rotatable bonds is 2. The van der Waals surface area contributed by atoms with Crippen molar-refractivity contribution in [1.82, 2.24) is 4.98 Å². The first kappa shape index (κ1) is 14.9. The first-order chi connectivity index (χ1) is 8.97. The fraction of sp³-hybridized carbons (Fsp3) is 0. The van der Waals surface area contributed by atoms with Crippen molar-refractivity contribution >= 4 is 64.3 Å². The zero-order valence-corrected chi connectivity index (χ0v) is 12.8. The first-order valence-electron chi connectivity index (χ1n) is 4.90. The highest BCUT2D eigenvalue weighted by atomic mass is 35.5. The highest BCUT2D eigenvalue weighted by molar-refractivity contribution is 6.47. The fourth-order valence-corrected chi connectivity index (χ4v) is 2.74. The summed E-state index contributed by atoms with van der Waals surface area (Å²) in [6.45, 7) is 0. The van der Waals surface area contributed by atoms with Crippen LogP contribution in [-0.4, -0.2) is 11.3 Å². The first-order valence-corrected chi connectivity index (χ1v) is 6.79. The van der Waals surface area contributed by atoms with Gasteiger partial charge < -0.3 is 0 Å². The smallest absolute Gasteiger partial charge is 0.153 e. The molecule has 0 radical (unpaired) electrons. The Morgan fingerprint density at radius 1 is 0.895 bits per heavy atom. The van der Waals surface area contributed by atoms with Crippen molar-refractivity contribution in [2.75, 3.05) is 0 Å². The molecular weight excluding hydrogens is 351 g/mol. The van der Waals surface area contributed by atoms with Gasteiger partial charge in [-0.25, -0.2) is 0 Å². The minimum atomic E-state index is 0.0774. The Hall–Kier alpha value is -0.510. The third-order valence-electron chi connectivity index (χ3n) is 2.41. The number of pyridine rings is 1. The van der Waals surface area contributed by atoms with Crippen LogP contribution in [-0.2, 0) is 0 Å². The number of benzene rings is 1. The number of aromatic nitrogens is 1. The zero-order chi connectivity index (χ0) is 14.2. The van der Waals surface area contributed by atoms with Crippen molar-refractivity contribution in [3.63, 3.8) is 0 Å². The zero-order valence-electron chi connectivity index (χ0n) is 9.05. The third-order valence-corrected chi connectivity index (χ3v) is 4.21. The molecule has 1 aromatic heterocycles. The molecule has 0 aliphatic rings. The molecule has 0 saturated heterocycles. The maximum atomic E-state index is 11.0. The van der Waals surface area contributed by atoms with E-state index < -0.39 is 0 Å². The summed E-state index contributed by atoms with van der Waals surface area (Å²) in [5, 5.41) is 1.07. The molecule has 0 bridgehead atoms. The van der Waals surface area contributed by atoms with Crippen molar-refractivity contribution < 1.29 is 4.79 Å². The van der Waals surface area contributed by atoms with E-state index in [9.17, 15) is 4.79 Å². The van der Waals surface area contributed by atoms with E-state index in [2.05, 4.69) is 4.98 Å². The van der Waals surface area contributed by atoms with Gasteiger partial charge in [-0.05, 0) is 12.1 Å². The minimum Gasteiger partial charge on any atom is -0.298 e. The number of carbonyl (C=O) groups is 1. The largest absolute Gasteiger partial charge is 0.298 e. The maximum absolute atomic E-state index is 11.0. The van der Waals surface area contributed by atoms with Gasteiger partial charge in [0, 0.05) is 11.8 Å². The summed E-state index contributed by atoms with van der Waals surface area (Å²) in [5.41, 5.74) is 0.742. The van der Waals surface area contributed by atoms with E-state index >= 15 is 0 Å². The summed E-state index contributed by atoms with van der Waals surface area (Å²) in [4.78, 5) is 15.0. The third kappa shape index (κ3) is 2.69. The van der Waals surface area contributed by atoms with Crippen LogP contribution < -0.4 is 0 Å². The number of hydrogen-bond acceptors (Lipinski definition) is 2. The highest BCUT2D eigenvalue weighted by Gasteiger charge is 2.19. The van der Waals surface area contributed by atoms with Crippen LogP contribution in [0.25, 0.3) is 11.3 Å². The Kier molecular flexibility index (Phi) is 4.59. The number of halogens is 5. The number of aldehydes is 1. The summed E-state index contributed by atoms with van der Waals surface area (Å²) in [7, 11) is 0. The molecule has 0 N–H and O–H groups in total. The van der Waals surface area contributed by atoms with Gasteiger partial charge in [0.25, 0.3) is 0 Å². The summed E-state index contributed by atoms with van der Waals surface area (Å²) in [6, 6.07) is 3.12. The van der Waals surface area contributed by atoms with Crippen molar-refractivity contribution in [3.8, 4) is 11.3 Å². The Bertz CT molecular complexity index is 672. The summed E-state index contributed by atoms with van der Waals surface area (Å²) >= 11 is 30.1. The Labute approximate surface area is 134 Å². The second-order valence-electron chi connectivity index (χ2n) is 3.52. The second-order valence-corrected chi connectivity index (χ2v) is 5.50. The van der Waals surface area contributed by atoms with Gasteiger partial charge in [-0.1, -0.05) is 58.0 Å². The molecule has 1 aromatic carbocycles. The molecule has 98 valence electrons. The van der Waals surface area contributed by atoms with Gasteiger partial charge in [0.05, 0.1) is 36.4 Å². The molecule has 0 fully saturated rings. The fourth-order valence-electron chi connectivity index (χ4n) is 1.51. The summed E-state index contributed by atoms with van der Waals surface area (Å²) in [5.74, 6) is 0. The van der Waals surface area contributed by atoms with Crippen LogP contribution in [0.1, 0.15) is 10.4 Å². The lowest BCUT2D eigenvalue weighted by Crippen LogP contribution is -1.94. The van der Waals surface area contributed by atoms with Gasteiger partial charge >= 0.3 is 0 Å². The molecular formula is C12H4Cl5NO. The van der Waals surface area contributed by atoms with E-state index in [1.165, 1.54) is 6.20 Å². The van der Waals surface area contributed by atoms with E-state index in [1.54, 1.807) is 12.1 Å². The predicted molar refractivity (Wildman–Crippen MR) is 80.1 cm³/mol. The molecule has 0 amide bonds. The van der Waals surface area contributed by atoms with Crippen LogP contribution in [0.4, 0.5) is 0 Å². The molecule has 7 heteroatoms. The molecule has 0 aliphatic heterocycles. The topological polar surface area (TPSA) is 30.0 Å². The van der Waals surface area contributed by atoms with Gasteiger partial charge in [0.15, 0.2) is 6.29 Å². The molecule has 0 saturated carbocycles. The van der Waals surface area contributed by atoms with Gasteiger partial charge in [-0.15, -0.1) is 0 Å². The maximum Gasteiger partial charge on any atom is 0.153 e. The molecule has 0 atom stereocenters. The van der Waals surface area contributed by atoms with E-state index in [0.29, 0.717) is 21.9 Å². The van der Waals surface area contributed by atoms with Crippen LogP contribution >= 0.6 is 58.0 Å². The average Bonchev–Trinajstić information content (AvgIpc) is 2.37. The van der Waals surface area contributed by atoms with E-state index in [0.717, 1.165) is 0 Å². The van der Waals surface area contributed by atoms with Crippen LogP contribution in [0.2, 0.25) is 25.1 Å².